The first-order valence-electron chi connectivity index (χ1n) is 24.2. The summed E-state index contributed by atoms with van der Waals surface area (Å²) < 4.78 is 34.1. The number of ether oxygens (including phenoxy) is 2. The summed E-state index contributed by atoms with van der Waals surface area (Å²) in [6.07, 6.45) is 4.29. The summed E-state index contributed by atoms with van der Waals surface area (Å²) in [4.78, 5) is 112. The molecule has 0 bridgehead atoms. The van der Waals surface area contributed by atoms with Crippen LogP contribution in [0, 0.1) is 17.8 Å². The van der Waals surface area contributed by atoms with Gasteiger partial charge in [0.05, 0.1) is 82.4 Å². The van der Waals surface area contributed by atoms with E-state index >= 15 is 0 Å². The van der Waals surface area contributed by atoms with Gasteiger partial charge in [0.1, 0.15) is 12.1 Å². The van der Waals surface area contributed by atoms with E-state index < -0.39 is 98.7 Å². The zero-order chi connectivity index (χ0) is 52.3. The Bertz CT molecular complexity index is 2020. The molecule has 1 aromatic carbocycles. The van der Waals surface area contributed by atoms with Gasteiger partial charge in [-0.3, -0.25) is 42.6 Å². The highest BCUT2D eigenvalue weighted by Gasteiger charge is 2.38. The zero-order valence-electron chi connectivity index (χ0n) is 41.0. The molecule has 22 nitrogen and oxygen atoms in total. The van der Waals surface area contributed by atoms with Gasteiger partial charge in [-0.1, -0.05) is 50.6 Å². The molecule has 1 saturated heterocycles. The van der Waals surface area contributed by atoms with E-state index in [1.54, 1.807) is 0 Å². The number of phosphoric ester groups is 1. The average Bonchev–Trinajstić information content (AvgIpc) is 4.05. The Morgan fingerprint density at radius 1 is 0.930 bits per heavy atom. The maximum Gasteiger partial charge on any atom is 0.472 e. The quantitative estimate of drug-likeness (QED) is 0.0262. The number of carbonyl (C=O) groups is 7. The second-order valence-corrected chi connectivity index (χ2v) is 19.7. The van der Waals surface area contributed by atoms with Crippen molar-refractivity contribution in [3.05, 3.63) is 54.1 Å². The van der Waals surface area contributed by atoms with Crippen LogP contribution in [0.1, 0.15) is 89.8 Å². The highest BCUT2D eigenvalue weighted by molar-refractivity contribution is 7.80. The minimum Gasteiger partial charge on any atom is -0.394 e. The molecule has 0 aliphatic carbocycles. The third kappa shape index (κ3) is 22.8. The number of likely N-dealkylation sites (tertiary alicyclic amines) is 1. The van der Waals surface area contributed by atoms with Crippen molar-refractivity contribution in [1.82, 2.24) is 30.8 Å². The summed E-state index contributed by atoms with van der Waals surface area (Å²) in [7, 11) is -4.70. The number of aliphatic hydroxyl groups is 1. The number of benzene rings is 1. The number of primary amides is 1. The highest BCUT2D eigenvalue weighted by atomic mass is 32.1. The summed E-state index contributed by atoms with van der Waals surface area (Å²) >= 11 is 3.99. The molecule has 1 unspecified atom stereocenters. The van der Waals surface area contributed by atoms with Crippen LogP contribution in [0.3, 0.4) is 0 Å². The molecule has 1 fully saturated rings. The number of thiol groups is 1. The Labute approximate surface area is 421 Å². The fraction of sp³-hybridized carbons (Fsp3) is 0.660. The number of imidazole rings is 1. The Hall–Kier alpha value is -4.58. The van der Waals surface area contributed by atoms with Gasteiger partial charge >= 0.3 is 7.82 Å². The first-order chi connectivity index (χ1) is 33.8. The average molecular weight is 1040 g/mol. The van der Waals surface area contributed by atoms with Crippen LogP contribution in [0.4, 0.5) is 0 Å². The lowest BCUT2D eigenvalue weighted by Crippen LogP contribution is -2.52. The van der Waals surface area contributed by atoms with Crippen molar-refractivity contribution in [2.45, 2.75) is 122 Å². The van der Waals surface area contributed by atoms with Crippen molar-refractivity contribution >= 4 is 61.6 Å². The maximum absolute atomic E-state index is 14.1. The normalized spacial score (nSPS) is 17.1. The van der Waals surface area contributed by atoms with E-state index in [9.17, 15) is 48.1 Å². The minimum atomic E-state index is -4.70. The van der Waals surface area contributed by atoms with Crippen molar-refractivity contribution in [1.29, 1.82) is 0 Å². The number of unbranched alkanes of at least 4 members (excludes halogenated alkanes) is 2. The van der Waals surface area contributed by atoms with Crippen LogP contribution in [-0.2, 0) is 69.5 Å². The lowest BCUT2D eigenvalue weighted by atomic mass is 9.89. The molecule has 0 radical (unpaired) electrons. The number of aromatic amines is 1. The van der Waals surface area contributed by atoms with Gasteiger partial charge in [-0.2, -0.15) is 12.6 Å². The van der Waals surface area contributed by atoms with E-state index in [2.05, 4.69) is 38.5 Å². The molecule has 2 aromatic rings. The first kappa shape index (κ1) is 60.7. The highest BCUT2D eigenvalue weighted by Crippen LogP contribution is 2.46. The number of nitrogens with zero attached hydrogens (tertiary/aromatic N) is 2. The van der Waals surface area contributed by atoms with Crippen molar-refractivity contribution in [3.8, 4) is 0 Å². The second kappa shape index (κ2) is 32.5. The second-order valence-electron chi connectivity index (χ2n) is 18.0. The number of hydrogen-bond acceptors (Lipinski definition) is 16. The number of aryl methyl sites for hydroxylation is 1. The van der Waals surface area contributed by atoms with Crippen LogP contribution in [-0.4, -0.2) is 155 Å². The lowest BCUT2D eigenvalue weighted by molar-refractivity contribution is -0.140. The molecule has 0 saturated carbocycles. The van der Waals surface area contributed by atoms with Gasteiger partial charge in [0.15, 0.2) is 11.6 Å². The van der Waals surface area contributed by atoms with Gasteiger partial charge in [0.25, 0.3) is 0 Å². The predicted molar refractivity (Wildman–Crippen MR) is 264 cm³/mol. The third-order valence-corrected chi connectivity index (χ3v) is 13.3. The number of ketones is 2. The molecule has 3 rings (SSSR count). The number of hydrogen-bond donors (Lipinski definition) is 9. The molecular weight excluding hydrogens is 964 g/mol. The summed E-state index contributed by atoms with van der Waals surface area (Å²) in [5, 5.41) is 18.2. The molecule has 8 atom stereocenters. The van der Waals surface area contributed by atoms with Crippen LogP contribution in [0.2, 0.25) is 0 Å². The lowest BCUT2D eigenvalue weighted by Gasteiger charge is -2.28. The number of nitrogens with two attached hydrogens (primary N) is 2. The molecule has 1 aliphatic rings. The number of Topliss-reactive ketones (excluding diaryl/α,β-unsaturated/α-hetero) is 2. The SMILES string of the molecule is CC(C)C[C@H](NC(=O)[C@@H]1CCCN1C(=O)CCOCCOCCNC(=O)[C@@H](N)CS)C(=O)C[C@@H](Cc1cnc[nH]1)C(=O)N[C@@H](CO)C(=O)C[C@H](C(N)=O)[C@@H](C)OP(=O)(O)OCCCCCc1ccccc1. The molecule has 10 N–H and O–H groups in total. The smallest absolute Gasteiger partial charge is 0.394 e. The van der Waals surface area contributed by atoms with Crippen molar-refractivity contribution in [2.24, 2.45) is 29.2 Å². The van der Waals surface area contributed by atoms with Crippen LogP contribution < -0.4 is 27.4 Å². The molecule has 1 aliphatic heterocycles. The zero-order valence-corrected chi connectivity index (χ0v) is 42.8. The van der Waals surface area contributed by atoms with Crippen molar-refractivity contribution in [3.63, 3.8) is 0 Å². The number of carbonyl (C=O) groups excluding carboxylic acids is 7. The van der Waals surface area contributed by atoms with Crippen molar-refractivity contribution in [2.75, 3.05) is 58.5 Å². The third-order valence-electron chi connectivity index (χ3n) is 11.8. The maximum atomic E-state index is 14.1. The number of H-pyrrole nitrogens is 1. The predicted octanol–water partition coefficient (Wildman–Crippen LogP) is 1.32. The molecule has 1 aromatic heterocycles. The number of aromatic nitrogens is 2. The summed E-state index contributed by atoms with van der Waals surface area (Å²) in [5.74, 6) is -6.78. The van der Waals surface area contributed by atoms with Crippen molar-refractivity contribution < 1.29 is 66.6 Å². The molecule has 0 spiro atoms. The Kier molecular flexibility index (Phi) is 27.8. The summed E-state index contributed by atoms with van der Waals surface area (Å²) in [6.45, 7) is 5.34. The summed E-state index contributed by atoms with van der Waals surface area (Å²) in [5.41, 5.74) is 12.9. The number of nitrogens with one attached hydrogen (secondary N) is 4. The molecule has 5 amide bonds. The van der Waals surface area contributed by atoms with E-state index in [4.69, 9.17) is 30.0 Å². The van der Waals surface area contributed by atoms with E-state index in [0.29, 0.717) is 37.9 Å². The molecule has 24 heteroatoms. The topological polar surface area (TPSA) is 334 Å². The van der Waals surface area contributed by atoms with Gasteiger partial charge in [0, 0.05) is 50.0 Å². The van der Waals surface area contributed by atoms with Gasteiger partial charge in [-0.15, -0.1) is 0 Å². The first-order valence-corrected chi connectivity index (χ1v) is 26.3. The van der Waals surface area contributed by atoms with Gasteiger partial charge < -0.3 is 56.8 Å². The number of rotatable bonds is 37. The standard InChI is InChI=1S/C47H75N8O14PS/c1-31(2)23-38(53-47(63)40-14-10-17-55(40)43(59)15-19-66-21-22-67-20-16-51-46(62)37(48)29-71)41(57)25-34(24-35-27-50-30-52-35)45(61)54-39(28-56)42(58)26-36(44(49)60)32(3)69-70(64,65)68-18-9-5-8-13-33-11-6-4-7-12-33/h4,6-7,11-12,27,30-32,34,36-40,56,71H,5,8-10,13-26,28-29,48H2,1-3H3,(H2,49,60)(H,50,52)(H,51,62)(H,53,63)(H,54,61)(H,64,65)/t32-,34-,36+,37+,38+,39+,40+/m1/s1. The Morgan fingerprint density at radius 2 is 1.63 bits per heavy atom. The molecular formula is C47H75N8O14PS. The number of amides is 5. The fourth-order valence-electron chi connectivity index (χ4n) is 7.86. The van der Waals surface area contributed by atoms with Gasteiger partial charge in [-0.05, 0) is 56.9 Å². The van der Waals surface area contributed by atoms with Gasteiger partial charge in [-0.25, -0.2) is 9.55 Å². The van der Waals surface area contributed by atoms with E-state index in [-0.39, 0.29) is 82.3 Å². The monoisotopic (exact) mass is 1040 g/mol. The molecule has 2 heterocycles. The van der Waals surface area contributed by atoms with Crippen LogP contribution in [0.5, 0.6) is 0 Å². The number of aliphatic hydroxyl groups excluding tert-OH is 1. The minimum absolute atomic E-state index is 0.00368. The van der Waals surface area contributed by atoms with E-state index in [1.165, 1.54) is 29.9 Å². The largest absolute Gasteiger partial charge is 0.472 e. The van der Waals surface area contributed by atoms with E-state index in [0.717, 1.165) is 12.8 Å². The van der Waals surface area contributed by atoms with Crippen LogP contribution >= 0.6 is 20.5 Å². The van der Waals surface area contributed by atoms with E-state index in [1.807, 2.05) is 44.2 Å². The Balaban J connectivity index is 1.56. The Morgan fingerprint density at radius 3 is 2.28 bits per heavy atom. The van der Waals surface area contributed by atoms with Gasteiger partial charge in [0.2, 0.25) is 29.5 Å². The number of phosphoric acid groups is 1. The fourth-order valence-corrected chi connectivity index (χ4v) is 9.01. The summed E-state index contributed by atoms with van der Waals surface area (Å²) in [6, 6.07) is 5.68. The van der Waals surface area contributed by atoms with Crippen LogP contribution in [0.25, 0.3) is 0 Å². The molecule has 71 heavy (non-hydrogen) atoms. The van der Waals surface area contributed by atoms with Crippen LogP contribution in [0.15, 0.2) is 42.9 Å². The molecule has 398 valence electrons.